The number of amides is 2. The molecule has 0 bridgehead atoms. The van der Waals surface area contributed by atoms with Crippen LogP contribution in [0.25, 0.3) is 0 Å². The number of hydrogen-bond donors (Lipinski definition) is 2. The van der Waals surface area contributed by atoms with Crippen LogP contribution < -0.4 is 10.6 Å². The molecule has 6 heteroatoms. The number of rotatable bonds is 3. The molecule has 0 radical (unpaired) electrons. The third-order valence-electron chi connectivity index (χ3n) is 4.94. The lowest BCUT2D eigenvalue weighted by Gasteiger charge is -2.34. The average molecular weight is 394 g/mol. The second-order valence-corrected chi connectivity index (χ2v) is 7.55. The molecule has 130 valence electrons. The molecule has 0 aliphatic carbocycles. The molecule has 2 aliphatic heterocycles. The first-order valence-electron chi connectivity index (χ1n) is 8.69. The zero-order valence-electron chi connectivity index (χ0n) is 13.8. The molecule has 2 amide bonds. The Morgan fingerprint density at radius 3 is 2.42 bits per heavy atom. The number of carbonyl (C=O) groups is 2. The van der Waals surface area contributed by atoms with E-state index in [1.165, 1.54) is 0 Å². The van der Waals surface area contributed by atoms with Crippen LogP contribution >= 0.6 is 15.9 Å². The van der Waals surface area contributed by atoms with Crippen molar-refractivity contribution in [2.24, 2.45) is 11.8 Å². The van der Waals surface area contributed by atoms with Gasteiger partial charge in [-0.25, -0.2) is 0 Å². The van der Waals surface area contributed by atoms with Gasteiger partial charge in [0.25, 0.3) is 0 Å². The summed E-state index contributed by atoms with van der Waals surface area (Å²) in [5.41, 5.74) is 0.815. The molecule has 0 spiro atoms. The number of piperidine rings is 2. The molecule has 0 aromatic heterocycles. The highest BCUT2D eigenvalue weighted by Gasteiger charge is 2.31. The molecule has 2 aliphatic rings. The van der Waals surface area contributed by atoms with Gasteiger partial charge in [-0.2, -0.15) is 0 Å². The predicted octanol–water partition coefficient (Wildman–Crippen LogP) is 2.63. The third kappa shape index (κ3) is 4.36. The molecule has 1 atom stereocenters. The fourth-order valence-electron chi connectivity index (χ4n) is 3.46. The van der Waals surface area contributed by atoms with E-state index in [2.05, 4.69) is 26.6 Å². The molecule has 24 heavy (non-hydrogen) atoms. The van der Waals surface area contributed by atoms with E-state index in [0.29, 0.717) is 13.1 Å². The molecule has 2 N–H and O–H groups in total. The Hall–Kier alpha value is -1.40. The minimum atomic E-state index is -0.0119. The number of carbonyl (C=O) groups excluding carboxylic acids is 2. The molecule has 1 aromatic rings. The summed E-state index contributed by atoms with van der Waals surface area (Å²) in [6.45, 7) is 3.19. The summed E-state index contributed by atoms with van der Waals surface area (Å²) in [5.74, 6) is 0.423. The van der Waals surface area contributed by atoms with Gasteiger partial charge in [-0.1, -0.05) is 15.9 Å². The Morgan fingerprint density at radius 2 is 1.79 bits per heavy atom. The van der Waals surface area contributed by atoms with Crippen molar-refractivity contribution in [2.75, 3.05) is 31.5 Å². The van der Waals surface area contributed by atoms with E-state index in [9.17, 15) is 9.59 Å². The fraction of sp³-hybridized carbons (Fsp3) is 0.556. The topological polar surface area (TPSA) is 61.4 Å². The van der Waals surface area contributed by atoms with Gasteiger partial charge in [-0.15, -0.1) is 0 Å². The number of hydrogen-bond acceptors (Lipinski definition) is 3. The molecule has 2 heterocycles. The van der Waals surface area contributed by atoms with Crippen molar-refractivity contribution in [2.45, 2.75) is 25.7 Å². The van der Waals surface area contributed by atoms with Crippen molar-refractivity contribution >= 4 is 33.4 Å². The van der Waals surface area contributed by atoms with Crippen LogP contribution in [0.2, 0.25) is 0 Å². The lowest BCUT2D eigenvalue weighted by atomic mass is 9.93. The molecule has 5 nitrogen and oxygen atoms in total. The maximum absolute atomic E-state index is 12.5. The molecule has 1 aromatic carbocycles. The monoisotopic (exact) mass is 393 g/mol. The van der Waals surface area contributed by atoms with Gasteiger partial charge < -0.3 is 15.5 Å². The summed E-state index contributed by atoms with van der Waals surface area (Å²) in [6, 6.07) is 7.59. The standard InChI is InChI=1S/C18H24BrN3O2/c19-15-3-5-16(6-4-15)21-17(23)13-7-10-22(11-8-13)18(24)14-2-1-9-20-12-14/h3-6,13-14,20H,1-2,7-12H2,(H,21,23). The van der Waals surface area contributed by atoms with Crippen LogP contribution in [0.3, 0.4) is 0 Å². The molecular formula is C18H24BrN3O2. The highest BCUT2D eigenvalue weighted by molar-refractivity contribution is 9.10. The van der Waals surface area contributed by atoms with Gasteiger partial charge in [0.1, 0.15) is 0 Å². The summed E-state index contributed by atoms with van der Waals surface area (Å²) in [7, 11) is 0. The number of anilines is 1. The van der Waals surface area contributed by atoms with E-state index in [4.69, 9.17) is 0 Å². The predicted molar refractivity (Wildman–Crippen MR) is 97.7 cm³/mol. The minimum absolute atomic E-state index is 0.0119. The van der Waals surface area contributed by atoms with Crippen molar-refractivity contribution in [1.29, 1.82) is 0 Å². The van der Waals surface area contributed by atoms with Crippen molar-refractivity contribution < 1.29 is 9.59 Å². The maximum Gasteiger partial charge on any atom is 0.227 e. The van der Waals surface area contributed by atoms with Gasteiger partial charge in [0, 0.05) is 35.7 Å². The Labute approximate surface area is 151 Å². The number of halogens is 1. The van der Waals surface area contributed by atoms with E-state index in [1.807, 2.05) is 29.2 Å². The zero-order valence-corrected chi connectivity index (χ0v) is 15.3. The number of benzene rings is 1. The third-order valence-corrected chi connectivity index (χ3v) is 5.46. The number of nitrogens with one attached hydrogen (secondary N) is 2. The molecule has 2 fully saturated rings. The maximum atomic E-state index is 12.5. The van der Waals surface area contributed by atoms with Crippen molar-refractivity contribution in [3.63, 3.8) is 0 Å². The van der Waals surface area contributed by atoms with Crippen molar-refractivity contribution in [3.8, 4) is 0 Å². The minimum Gasteiger partial charge on any atom is -0.342 e. The second kappa shape index (κ2) is 8.12. The first kappa shape index (κ1) is 17.4. The molecular weight excluding hydrogens is 370 g/mol. The summed E-state index contributed by atoms with van der Waals surface area (Å²) in [6.07, 6.45) is 3.54. The zero-order chi connectivity index (χ0) is 16.9. The highest BCUT2D eigenvalue weighted by atomic mass is 79.9. The summed E-state index contributed by atoms with van der Waals surface area (Å²) >= 11 is 3.39. The largest absolute Gasteiger partial charge is 0.342 e. The van der Waals surface area contributed by atoms with Crippen molar-refractivity contribution in [3.05, 3.63) is 28.7 Å². The molecule has 3 rings (SSSR count). The molecule has 2 saturated heterocycles. The van der Waals surface area contributed by atoms with Gasteiger partial charge in [-0.3, -0.25) is 9.59 Å². The van der Waals surface area contributed by atoms with E-state index < -0.39 is 0 Å². The van der Waals surface area contributed by atoms with Crippen LogP contribution in [-0.4, -0.2) is 42.9 Å². The Kier molecular flexibility index (Phi) is 5.89. The van der Waals surface area contributed by atoms with Gasteiger partial charge in [-0.05, 0) is 56.5 Å². The normalized spacial score (nSPS) is 22.2. The van der Waals surface area contributed by atoms with Crippen LogP contribution in [0.4, 0.5) is 5.69 Å². The van der Waals surface area contributed by atoms with E-state index in [1.54, 1.807) is 0 Å². The first-order valence-corrected chi connectivity index (χ1v) is 9.49. The molecule has 0 saturated carbocycles. The Balaban J connectivity index is 1.48. The quantitative estimate of drug-likeness (QED) is 0.829. The highest BCUT2D eigenvalue weighted by Crippen LogP contribution is 2.23. The van der Waals surface area contributed by atoms with Gasteiger partial charge >= 0.3 is 0 Å². The average Bonchev–Trinajstić information content (AvgIpc) is 2.64. The first-order chi connectivity index (χ1) is 11.6. The van der Waals surface area contributed by atoms with Gasteiger partial charge in [0.15, 0.2) is 0 Å². The van der Waals surface area contributed by atoms with E-state index in [-0.39, 0.29) is 23.7 Å². The van der Waals surface area contributed by atoms with Crippen LogP contribution in [0.1, 0.15) is 25.7 Å². The lowest BCUT2D eigenvalue weighted by Crippen LogP contribution is -2.47. The van der Waals surface area contributed by atoms with E-state index >= 15 is 0 Å². The summed E-state index contributed by atoms with van der Waals surface area (Å²) in [4.78, 5) is 26.9. The summed E-state index contributed by atoms with van der Waals surface area (Å²) < 4.78 is 0.990. The second-order valence-electron chi connectivity index (χ2n) is 6.64. The van der Waals surface area contributed by atoms with Crippen LogP contribution in [-0.2, 0) is 9.59 Å². The van der Waals surface area contributed by atoms with Crippen molar-refractivity contribution in [1.82, 2.24) is 10.2 Å². The molecule has 1 unspecified atom stereocenters. The van der Waals surface area contributed by atoms with Gasteiger partial charge in [0.05, 0.1) is 5.92 Å². The van der Waals surface area contributed by atoms with Crippen LogP contribution in [0, 0.1) is 11.8 Å². The Morgan fingerprint density at radius 1 is 1.08 bits per heavy atom. The van der Waals surface area contributed by atoms with Gasteiger partial charge in [0.2, 0.25) is 11.8 Å². The van der Waals surface area contributed by atoms with Crippen LogP contribution in [0.5, 0.6) is 0 Å². The summed E-state index contributed by atoms with van der Waals surface area (Å²) in [5, 5.41) is 6.27. The lowest BCUT2D eigenvalue weighted by molar-refractivity contribution is -0.138. The van der Waals surface area contributed by atoms with Crippen LogP contribution in [0.15, 0.2) is 28.7 Å². The van der Waals surface area contributed by atoms with E-state index in [0.717, 1.165) is 48.9 Å². The SMILES string of the molecule is O=C(Nc1ccc(Br)cc1)C1CCN(C(=O)C2CCCNC2)CC1. The smallest absolute Gasteiger partial charge is 0.227 e. The fourth-order valence-corrected chi connectivity index (χ4v) is 3.72. The number of likely N-dealkylation sites (tertiary alicyclic amines) is 1. The number of nitrogens with zero attached hydrogens (tertiary/aromatic N) is 1. The Bertz CT molecular complexity index is 576.